The predicted octanol–water partition coefficient (Wildman–Crippen LogP) is 5.10. The van der Waals surface area contributed by atoms with Gasteiger partial charge in [-0.05, 0) is 58.0 Å². The van der Waals surface area contributed by atoms with Gasteiger partial charge >= 0.3 is 11.9 Å². The van der Waals surface area contributed by atoms with Crippen molar-refractivity contribution in [1.82, 2.24) is 10.2 Å². The highest BCUT2D eigenvalue weighted by Crippen LogP contribution is 2.41. The van der Waals surface area contributed by atoms with E-state index in [-0.39, 0.29) is 49.0 Å². The monoisotopic (exact) mass is 615 g/mol. The number of nitro benzene ring substituents is 1. The van der Waals surface area contributed by atoms with Crippen LogP contribution < -0.4 is 5.32 Å². The Labute approximate surface area is 256 Å². The van der Waals surface area contributed by atoms with Crippen LogP contribution in [0.25, 0.3) is 0 Å². The van der Waals surface area contributed by atoms with Crippen LogP contribution in [0.2, 0.25) is 5.02 Å². The molecule has 1 aliphatic heterocycles. The van der Waals surface area contributed by atoms with E-state index in [1.54, 1.807) is 33.8 Å². The van der Waals surface area contributed by atoms with E-state index in [4.69, 9.17) is 30.5 Å². The molecule has 3 rings (SSSR count). The molecule has 1 unspecified atom stereocenters. The number of nitrogens with zero attached hydrogens (tertiary/aromatic N) is 2. The summed E-state index contributed by atoms with van der Waals surface area (Å²) in [5, 5.41) is 15.4. The van der Waals surface area contributed by atoms with Crippen LogP contribution in [0.4, 0.5) is 5.69 Å². The predicted molar refractivity (Wildman–Crippen MR) is 161 cm³/mol. The summed E-state index contributed by atoms with van der Waals surface area (Å²) in [5.74, 6) is -2.45. The highest BCUT2D eigenvalue weighted by molar-refractivity contribution is 6.30. The Kier molecular flexibility index (Phi) is 12.7. The summed E-state index contributed by atoms with van der Waals surface area (Å²) in [5.41, 5.74) is 2.02. The SMILES string of the molecule is CCOC(=O)C1=C(C(OCC)OCC)NC(C)=C(C(=O)OCCN(C)Cc2ccc(Cl)cc2)C1c1cccc([N+](=O)[O-])c1. The number of likely N-dealkylation sites (N-methyl/N-ethyl adjacent to an activating group) is 1. The third-order valence-corrected chi connectivity index (χ3v) is 6.92. The smallest absolute Gasteiger partial charge is 0.336 e. The maximum atomic E-state index is 13.7. The summed E-state index contributed by atoms with van der Waals surface area (Å²) >= 11 is 5.98. The van der Waals surface area contributed by atoms with Crippen molar-refractivity contribution in [3.05, 3.63) is 97.3 Å². The van der Waals surface area contributed by atoms with Gasteiger partial charge in [0.25, 0.3) is 5.69 Å². The molecule has 11 nitrogen and oxygen atoms in total. The van der Waals surface area contributed by atoms with E-state index >= 15 is 0 Å². The minimum absolute atomic E-state index is 0.0478. The van der Waals surface area contributed by atoms with Gasteiger partial charge in [0.1, 0.15) is 6.61 Å². The number of hydrogen-bond donors (Lipinski definition) is 1. The van der Waals surface area contributed by atoms with E-state index < -0.39 is 29.1 Å². The lowest BCUT2D eigenvalue weighted by Crippen LogP contribution is -2.39. The molecular weight excluding hydrogens is 578 g/mol. The Hall–Kier alpha value is -3.77. The molecule has 0 saturated heterocycles. The largest absolute Gasteiger partial charge is 0.463 e. The van der Waals surface area contributed by atoms with E-state index in [2.05, 4.69) is 5.32 Å². The lowest BCUT2D eigenvalue weighted by Gasteiger charge is -2.34. The number of allylic oxidation sites excluding steroid dienone is 1. The molecule has 43 heavy (non-hydrogen) atoms. The third kappa shape index (κ3) is 8.87. The zero-order valence-electron chi connectivity index (χ0n) is 25.1. The molecule has 232 valence electrons. The van der Waals surface area contributed by atoms with Gasteiger partial charge in [0.15, 0.2) is 6.29 Å². The summed E-state index contributed by atoms with van der Waals surface area (Å²) < 4.78 is 22.7. The highest BCUT2D eigenvalue weighted by Gasteiger charge is 2.41. The Morgan fingerprint density at radius 2 is 1.65 bits per heavy atom. The molecule has 1 heterocycles. The topological polar surface area (TPSA) is 129 Å². The molecule has 2 aromatic rings. The standard InChI is InChI=1S/C31H38ClN3O8/c1-6-40-30(37)27-26(22-10-9-11-24(18-22)35(38)39)25(20(4)33-28(27)31(41-7-2)42-8-3)29(36)43-17-16-34(5)19-21-12-14-23(32)15-13-21/h9-15,18,26,31,33H,6-8,16-17,19H2,1-5H3. The van der Waals surface area contributed by atoms with Crippen molar-refractivity contribution in [2.24, 2.45) is 0 Å². The fourth-order valence-corrected chi connectivity index (χ4v) is 4.89. The normalized spacial score (nSPS) is 15.1. The number of dihydropyridines is 1. The Morgan fingerprint density at radius 1 is 1.00 bits per heavy atom. The molecule has 0 saturated carbocycles. The second-order valence-electron chi connectivity index (χ2n) is 9.74. The second-order valence-corrected chi connectivity index (χ2v) is 10.2. The molecule has 1 aliphatic rings. The lowest BCUT2D eigenvalue weighted by atomic mass is 9.80. The summed E-state index contributed by atoms with van der Waals surface area (Å²) in [6.07, 6.45) is -0.982. The number of hydrogen-bond acceptors (Lipinski definition) is 10. The van der Waals surface area contributed by atoms with Crippen molar-refractivity contribution in [2.45, 2.75) is 46.4 Å². The minimum atomic E-state index is -1.06. The molecule has 0 aliphatic carbocycles. The van der Waals surface area contributed by atoms with Crippen molar-refractivity contribution < 1.29 is 33.5 Å². The first-order chi connectivity index (χ1) is 20.6. The van der Waals surface area contributed by atoms with E-state index in [9.17, 15) is 19.7 Å². The Bertz CT molecular complexity index is 1350. The van der Waals surface area contributed by atoms with Crippen molar-refractivity contribution in [3.63, 3.8) is 0 Å². The van der Waals surface area contributed by atoms with Gasteiger partial charge in [0.05, 0.1) is 34.3 Å². The lowest BCUT2D eigenvalue weighted by molar-refractivity contribution is -0.384. The van der Waals surface area contributed by atoms with Crippen LogP contribution in [0.15, 0.2) is 71.1 Å². The number of nitrogens with one attached hydrogen (secondary N) is 1. The summed E-state index contributed by atoms with van der Waals surface area (Å²) in [6, 6.07) is 13.3. The molecule has 0 spiro atoms. The number of non-ortho nitro benzene ring substituents is 1. The molecule has 2 aromatic carbocycles. The van der Waals surface area contributed by atoms with Gasteiger partial charge in [-0.1, -0.05) is 35.9 Å². The summed E-state index contributed by atoms with van der Waals surface area (Å²) in [4.78, 5) is 40.4. The molecule has 0 amide bonds. The fourth-order valence-electron chi connectivity index (χ4n) is 4.77. The van der Waals surface area contributed by atoms with Crippen molar-refractivity contribution in [1.29, 1.82) is 0 Å². The van der Waals surface area contributed by atoms with Crippen LogP contribution in [0.3, 0.4) is 0 Å². The molecule has 1 N–H and O–H groups in total. The number of halogens is 1. The quantitative estimate of drug-likeness (QED) is 0.125. The molecule has 0 fully saturated rings. The maximum absolute atomic E-state index is 13.7. The van der Waals surface area contributed by atoms with Crippen LogP contribution in [-0.2, 0) is 35.1 Å². The van der Waals surface area contributed by atoms with Crippen molar-refractivity contribution in [2.75, 3.05) is 40.0 Å². The maximum Gasteiger partial charge on any atom is 0.336 e. The van der Waals surface area contributed by atoms with Gasteiger partial charge in [-0.15, -0.1) is 0 Å². The fraction of sp³-hybridized carbons (Fsp3) is 0.419. The van der Waals surface area contributed by atoms with Gasteiger partial charge in [0, 0.05) is 49.2 Å². The summed E-state index contributed by atoms with van der Waals surface area (Å²) in [6.45, 7) is 8.62. The number of nitro groups is 1. The minimum Gasteiger partial charge on any atom is -0.463 e. The number of ether oxygens (including phenoxy) is 4. The molecule has 12 heteroatoms. The van der Waals surface area contributed by atoms with E-state index in [0.29, 0.717) is 29.4 Å². The van der Waals surface area contributed by atoms with Gasteiger partial charge < -0.3 is 24.3 Å². The first kappa shape index (κ1) is 33.7. The van der Waals surface area contributed by atoms with Crippen LogP contribution >= 0.6 is 11.6 Å². The van der Waals surface area contributed by atoms with Crippen LogP contribution in [0.5, 0.6) is 0 Å². The number of rotatable bonds is 15. The first-order valence-corrected chi connectivity index (χ1v) is 14.5. The van der Waals surface area contributed by atoms with E-state index in [1.165, 1.54) is 18.2 Å². The molecule has 0 bridgehead atoms. The number of benzene rings is 2. The molecule has 1 atom stereocenters. The van der Waals surface area contributed by atoms with Crippen LogP contribution in [-0.4, -0.2) is 68.1 Å². The van der Waals surface area contributed by atoms with E-state index in [1.807, 2.05) is 36.2 Å². The average molecular weight is 616 g/mol. The first-order valence-electron chi connectivity index (χ1n) is 14.1. The molecule has 0 radical (unpaired) electrons. The van der Waals surface area contributed by atoms with E-state index in [0.717, 1.165) is 5.56 Å². The highest BCUT2D eigenvalue weighted by atomic mass is 35.5. The van der Waals surface area contributed by atoms with Gasteiger partial charge in [0.2, 0.25) is 0 Å². The van der Waals surface area contributed by atoms with Gasteiger partial charge in [-0.2, -0.15) is 0 Å². The van der Waals surface area contributed by atoms with Crippen molar-refractivity contribution >= 4 is 29.2 Å². The van der Waals surface area contributed by atoms with Gasteiger partial charge in [-0.25, -0.2) is 9.59 Å². The zero-order chi connectivity index (χ0) is 31.5. The number of esters is 2. The third-order valence-electron chi connectivity index (χ3n) is 6.67. The zero-order valence-corrected chi connectivity index (χ0v) is 25.8. The number of carbonyl (C=O) groups excluding carboxylic acids is 2. The Balaban J connectivity index is 1.99. The van der Waals surface area contributed by atoms with Crippen molar-refractivity contribution in [3.8, 4) is 0 Å². The number of carbonyl (C=O) groups is 2. The van der Waals surface area contributed by atoms with Gasteiger partial charge in [-0.3, -0.25) is 15.0 Å². The Morgan fingerprint density at radius 3 is 2.26 bits per heavy atom. The van der Waals surface area contributed by atoms with Crippen LogP contribution in [0, 0.1) is 10.1 Å². The van der Waals surface area contributed by atoms with Crippen LogP contribution in [0.1, 0.15) is 44.7 Å². The summed E-state index contributed by atoms with van der Waals surface area (Å²) in [7, 11) is 1.90. The second kappa shape index (κ2) is 16.2. The molecular formula is C31H38ClN3O8. The molecule has 0 aromatic heterocycles. The average Bonchev–Trinajstić information content (AvgIpc) is 2.97.